The summed E-state index contributed by atoms with van der Waals surface area (Å²) in [6, 6.07) is 13.3. The molecule has 2 aromatic rings. The summed E-state index contributed by atoms with van der Waals surface area (Å²) in [6.07, 6.45) is 0. The van der Waals surface area contributed by atoms with Crippen LogP contribution in [0.15, 0.2) is 54.1 Å². The van der Waals surface area contributed by atoms with E-state index in [0.29, 0.717) is 16.7 Å². The Morgan fingerprint density at radius 2 is 1.59 bits per heavy atom. The first-order chi connectivity index (χ1) is 12.8. The first-order valence-corrected chi connectivity index (χ1v) is 9.72. The number of sulfonamides is 1. The van der Waals surface area contributed by atoms with E-state index in [1.54, 1.807) is 24.3 Å². The second-order valence-corrected chi connectivity index (χ2v) is 8.12. The molecule has 27 heavy (non-hydrogen) atoms. The maximum absolute atomic E-state index is 13.0. The van der Waals surface area contributed by atoms with Gasteiger partial charge in [-0.3, -0.25) is 4.79 Å². The quantitative estimate of drug-likeness (QED) is 0.756. The zero-order chi connectivity index (χ0) is 19.8. The molecule has 7 heteroatoms. The van der Waals surface area contributed by atoms with Crippen LogP contribution in [0.1, 0.15) is 34.0 Å². The van der Waals surface area contributed by atoms with Crippen LogP contribution in [0.2, 0.25) is 0 Å². The van der Waals surface area contributed by atoms with Gasteiger partial charge in [0.2, 0.25) is 0 Å². The topological polar surface area (TPSA) is 80.8 Å². The minimum atomic E-state index is -3.95. The molecule has 0 saturated carbocycles. The smallest absolute Gasteiger partial charge is 0.337 e. The fourth-order valence-corrected chi connectivity index (χ4v) is 4.76. The molecule has 0 unspecified atom stereocenters. The SMILES string of the molecule is COC(=O)c1ccc(CN2C(=O)C(C)=C(c3ccc(C)cc3)S2(=O)=O)cc1. The highest BCUT2D eigenvalue weighted by Crippen LogP contribution is 2.36. The molecule has 0 aliphatic carbocycles. The monoisotopic (exact) mass is 385 g/mol. The average Bonchev–Trinajstić information content (AvgIpc) is 2.82. The van der Waals surface area contributed by atoms with Gasteiger partial charge in [0.25, 0.3) is 15.9 Å². The summed E-state index contributed by atoms with van der Waals surface area (Å²) in [6.45, 7) is 3.33. The summed E-state index contributed by atoms with van der Waals surface area (Å²) in [5.41, 5.74) is 2.64. The van der Waals surface area contributed by atoms with E-state index in [1.807, 2.05) is 19.1 Å². The average molecular weight is 385 g/mol. The van der Waals surface area contributed by atoms with Gasteiger partial charge < -0.3 is 4.74 Å². The van der Waals surface area contributed by atoms with E-state index >= 15 is 0 Å². The zero-order valence-electron chi connectivity index (χ0n) is 15.2. The number of nitrogens with zero attached hydrogens (tertiary/aromatic N) is 1. The van der Waals surface area contributed by atoms with E-state index in [2.05, 4.69) is 4.74 Å². The summed E-state index contributed by atoms with van der Waals surface area (Å²) < 4.78 is 31.5. The van der Waals surface area contributed by atoms with Crippen molar-refractivity contribution in [1.29, 1.82) is 0 Å². The number of esters is 1. The van der Waals surface area contributed by atoms with Crippen LogP contribution in [0.3, 0.4) is 0 Å². The molecule has 3 rings (SSSR count). The molecule has 0 fully saturated rings. The minimum Gasteiger partial charge on any atom is -0.465 e. The molecular formula is C20H19NO5S. The normalized spacial score (nSPS) is 16.0. The molecule has 0 N–H and O–H groups in total. The highest BCUT2D eigenvalue weighted by Gasteiger charge is 2.42. The van der Waals surface area contributed by atoms with E-state index in [4.69, 9.17) is 0 Å². The summed E-state index contributed by atoms with van der Waals surface area (Å²) in [5.74, 6) is -1.02. The van der Waals surface area contributed by atoms with Gasteiger partial charge >= 0.3 is 5.97 Å². The molecule has 1 heterocycles. The number of ether oxygens (including phenoxy) is 1. The molecule has 2 aromatic carbocycles. The van der Waals surface area contributed by atoms with Crippen LogP contribution in [0, 0.1) is 6.92 Å². The third-order valence-electron chi connectivity index (χ3n) is 4.45. The van der Waals surface area contributed by atoms with E-state index in [0.717, 1.165) is 9.87 Å². The second-order valence-electron chi connectivity index (χ2n) is 6.33. The molecular weight excluding hydrogens is 366 g/mol. The molecule has 1 aliphatic rings. The van der Waals surface area contributed by atoms with Crippen LogP contribution in [-0.4, -0.2) is 31.7 Å². The number of hydrogen-bond donors (Lipinski definition) is 0. The number of benzene rings is 2. The van der Waals surface area contributed by atoms with Gasteiger partial charge in [0.15, 0.2) is 0 Å². The van der Waals surface area contributed by atoms with Crippen LogP contribution in [0.25, 0.3) is 4.91 Å². The lowest BCUT2D eigenvalue weighted by atomic mass is 10.1. The van der Waals surface area contributed by atoms with Crippen molar-refractivity contribution in [2.45, 2.75) is 20.4 Å². The molecule has 6 nitrogen and oxygen atoms in total. The van der Waals surface area contributed by atoms with Gasteiger partial charge in [-0.05, 0) is 37.1 Å². The third-order valence-corrected chi connectivity index (χ3v) is 6.38. The maximum Gasteiger partial charge on any atom is 0.337 e. The van der Waals surface area contributed by atoms with Crippen LogP contribution >= 0.6 is 0 Å². The lowest BCUT2D eigenvalue weighted by Crippen LogP contribution is -2.30. The Bertz CT molecular complexity index is 1030. The summed E-state index contributed by atoms with van der Waals surface area (Å²) in [5, 5.41) is 0. The fraction of sp³-hybridized carbons (Fsp3) is 0.200. The van der Waals surface area contributed by atoms with Gasteiger partial charge in [0.1, 0.15) is 4.91 Å². The summed E-state index contributed by atoms with van der Waals surface area (Å²) in [7, 11) is -2.67. The Kier molecular flexibility index (Phi) is 4.89. The van der Waals surface area contributed by atoms with E-state index < -0.39 is 21.9 Å². The zero-order valence-corrected chi connectivity index (χ0v) is 16.0. The molecule has 1 amide bonds. The van der Waals surface area contributed by atoms with Crippen LogP contribution < -0.4 is 0 Å². The number of methoxy groups -OCH3 is 1. The van der Waals surface area contributed by atoms with E-state index in [-0.39, 0.29) is 17.0 Å². The van der Waals surface area contributed by atoms with Crippen molar-refractivity contribution in [3.8, 4) is 0 Å². The van der Waals surface area contributed by atoms with Crippen molar-refractivity contribution in [3.63, 3.8) is 0 Å². The molecule has 0 spiro atoms. The van der Waals surface area contributed by atoms with Gasteiger partial charge in [0.05, 0.1) is 19.2 Å². The van der Waals surface area contributed by atoms with Crippen molar-refractivity contribution >= 4 is 26.8 Å². The van der Waals surface area contributed by atoms with Crippen molar-refractivity contribution in [2.24, 2.45) is 0 Å². The number of carbonyl (C=O) groups excluding carboxylic acids is 2. The Labute approximate surface area is 158 Å². The molecule has 1 aliphatic heterocycles. The minimum absolute atomic E-state index is 0.0404. The van der Waals surface area contributed by atoms with Crippen molar-refractivity contribution in [1.82, 2.24) is 4.31 Å². The highest BCUT2D eigenvalue weighted by atomic mass is 32.2. The molecule has 0 aromatic heterocycles. The van der Waals surface area contributed by atoms with Crippen LogP contribution in [0.5, 0.6) is 0 Å². The predicted molar refractivity (Wildman–Crippen MR) is 101 cm³/mol. The number of aryl methyl sites for hydroxylation is 1. The van der Waals surface area contributed by atoms with E-state index in [9.17, 15) is 18.0 Å². The number of rotatable bonds is 4. The molecule has 0 saturated heterocycles. The highest BCUT2D eigenvalue weighted by molar-refractivity contribution is 7.99. The Morgan fingerprint density at radius 3 is 2.15 bits per heavy atom. The maximum atomic E-state index is 13.0. The van der Waals surface area contributed by atoms with Gasteiger partial charge in [-0.15, -0.1) is 0 Å². The van der Waals surface area contributed by atoms with Crippen molar-refractivity contribution in [3.05, 3.63) is 76.4 Å². The first-order valence-electron chi connectivity index (χ1n) is 8.28. The predicted octanol–water partition coefficient (Wildman–Crippen LogP) is 2.88. The van der Waals surface area contributed by atoms with Crippen LogP contribution in [-0.2, 0) is 26.1 Å². The Hall–Kier alpha value is -2.93. The second kappa shape index (κ2) is 7.00. The summed E-state index contributed by atoms with van der Waals surface area (Å²) in [4.78, 5) is 24.2. The van der Waals surface area contributed by atoms with Gasteiger partial charge in [-0.25, -0.2) is 17.5 Å². The van der Waals surface area contributed by atoms with Crippen molar-refractivity contribution in [2.75, 3.05) is 7.11 Å². The number of carbonyl (C=O) groups is 2. The van der Waals surface area contributed by atoms with Crippen LogP contribution in [0.4, 0.5) is 0 Å². The standard InChI is InChI=1S/C20H19NO5S/c1-13-4-8-16(9-5-13)18-14(2)19(22)21(27(18,24)25)12-15-6-10-17(11-7-15)20(23)26-3/h4-11H,12H2,1-3H3. The van der Waals surface area contributed by atoms with Gasteiger partial charge in [0, 0.05) is 5.57 Å². The van der Waals surface area contributed by atoms with E-state index in [1.165, 1.54) is 26.2 Å². The fourth-order valence-electron chi connectivity index (χ4n) is 2.95. The lowest BCUT2D eigenvalue weighted by molar-refractivity contribution is -0.122. The molecule has 140 valence electrons. The third kappa shape index (κ3) is 3.38. The largest absolute Gasteiger partial charge is 0.465 e. The number of hydrogen-bond acceptors (Lipinski definition) is 5. The Morgan fingerprint density at radius 1 is 1.00 bits per heavy atom. The number of amides is 1. The Balaban J connectivity index is 1.91. The van der Waals surface area contributed by atoms with Crippen molar-refractivity contribution < 1.29 is 22.7 Å². The van der Waals surface area contributed by atoms with Gasteiger partial charge in [-0.2, -0.15) is 0 Å². The molecule has 0 bridgehead atoms. The lowest BCUT2D eigenvalue weighted by Gasteiger charge is -2.17. The summed E-state index contributed by atoms with van der Waals surface area (Å²) >= 11 is 0. The van der Waals surface area contributed by atoms with Gasteiger partial charge in [-0.1, -0.05) is 42.0 Å². The first kappa shape index (κ1) is 18.8. The molecule has 0 radical (unpaired) electrons. The molecule has 0 atom stereocenters.